The maximum atomic E-state index is 12.1. The lowest BCUT2D eigenvalue weighted by Crippen LogP contribution is -2.29. The summed E-state index contributed by atoms with van der Waals surface area (Å²) in [6.07, 6.45) is 4.27. The summed E-state index contributed by atoms with van der Waals surface area (Å²) in [7, 11) is 0. The normalized spacial score (nSPS) is 14.8. The fraction of sp³-hybridized carbons (Fsp3) is 0.188. The second-order valence-electron chi connectivity index (χ2n) is 4.99. The van der Waals surface area contributed by atoms with Gasteiger partial charge in [-0.25, -0.2) is 0 Å². The Morgan fingerprint density at radius 1 is 1.38 bits per heavy atom. The van der Waals surface area contributed by atoms with Gasteiger partial charge in [0.25, 0.3) is 0 Å². The number of carbonyl (C=O) groups excluding carboxylic acids is 1. The van der Waals surface area contributed by atoms with Crippen LogP contribution in [-0.4, -0.2) is 21.8 Å². The topological polar surface area (TPSA) is 57.1 Å². The number of aryl methyl sites for hydroxylation is 1. The van der Waals surface area contributed by atoms with E-state index in [0.29, 0.717) is 17.3 Å². The van der Waals surface area contributed by atoms with Gasteiger partial charge in [0.15, 0.2) is 5.17 Å². The minimum absolute atomic E-state index is 0.0250. The van der Waals surface area contributed by atoms with E-state index in [1.807, 2.05) is 43.5 Å². The average molecular weight is 297 g/mol. The fourth-order valence-corrected chi connectivity index (χ4v) is 3.09. The van der Waals surface area contributed by atoms with Gasteiger partial charge in [0.1, 0.15) is 0 Å². The van der Waals surface area contributed by atoms with Crippen LogP contribution in [0.5, 0.6) is 0 Å². The zero-order chi connectivity index (χ0) is 14.8. The Hall–Kier alpha value is -2.14. The number of hydrogen-bond acceptors (Lipinski definition) is 4. The summed E-state index contributed by atoms with van der Waals surface area (Å²) < 4.78 is 0. The van der Waals surface area contributed by atoms with Crippen molar-refractivity contribution in [1.82, 2.24) is 4.98 Å². The molecule has 0 spiro atoms. The molecular formula is C16H15N3OS. The molecule has 0 radical (unpaired) electrons. The minimum atomic E-state index is -0.0250. The van der Waals surface area contributed by atoms with Crippen molar-refractivity contribution in [2.75, 3.05) is 10.7 Å². The van der Waals surface area contributed by atoms with Crippen LogP contribution in [0.2, 0.25) is 0 Å². The summed E-state index contributed by atoms with van der Waals surface area (Å²) in [5.74, 6) is 0.321. The van der Waals surface area contributed by atoms with E-state index in [1.165, 1.54) is 16.7 Å². The van der Waals surface area contributed by atoms with Crippen LogP contribution in [0.15, 0.2) is 42.7 Å². The van der Waals surface area contributed by atoms with Gasteiger partial charge in [-0.1, -0.05) is 30.0 Å². The van der Waals surface area contributed by atoms with Gasteiger partial charge in [-0.05, 0) is 35.7 Å². The van der Waals surface area contributed by atoms with E-state index in [9.17, 15) is 4.79 Å². The number of anilines is 1. The molecule has 1 aliphatic rings. The molecule has 0 bridgehead atoms. The number of benzene rings is 1. The molecule has 106 valence electrons. The Morgan fingerprint density at radius 3 is 2.90 bits per heavy atom. The van der Waals surface area contributed by atoms with Gasteiger partial charge >= 0.3 is 0 Å². The van der Waals surface area contributed by atoms with Crippen LogP contribution >= 0.6 is 11.8 Å². The van der Waals surface area contributed by atoms with Crippen LogP contribution in [0.3, 0.4) is 0 Å². The molecule has 2 heterocycles. The van der Waals surface area contributed by atoms with Gasteiger partial charge in [0, 0.05) is 18.8 Å². The lowest BCUT2D eigenvalue weighted by Gasteiger charge is -2.19. The summed E-state index contributed by atoms with van der Waals surface area (Å²) in [4.78, 5) is 17.7. The number of carbonyl (C=O) groups is 1. The highest BCUT2D eigenvalue weighted by Gasteiger charge is 2.29. The zero-order valence-electron chi connectivity index (χ0n) is 11.7. The number of nitrogens with zero attached hydrogens (tertiary/aromatic N) is 2. The molecule has 0 aliphatic carbocycles. The number of nitrogens with one attached hydrogen (secondary N) is 1. The predicted molar refractivity (Wildman–Crippen MR) is 85.9 cm³/mol. The van der Waals surface area contributed by atoms with Gasteiger partial charge in [-0.3, -0.25) is 20.1 Å². The number of aromatic nitrogens is 1. The molecule has 4 nitrogen and oxygen atoms in total. The van der Waals surface area contributed by atoms with Crippen molar-refractivity contribution in [3.05, 3.63) is 59.4 Å². The largest absolute Gasteiger partial charge is 0.278 e. The molecular weight excluding hydrogens is 282 g/mol. The number of rotatable bonds is 3. The van der Waals surface area contributed by atoms with Crippen molar-refractivity contribution in [3.63, 3.8) is 0 Å². The lowest BCUT2D eigenvalue weighted by molar-refractivity contribution is -0.115. The lowest BCUT2D eigenvalue weighted by atomic mass is 10.0. The van der Waals surface area contributed by atoms with Crippen LogP contribution < -0.4 is 4.90 Å². The monoisotopic (exact) mass is 297 g/mol. The summed E-state index contributed by atoms with van der Waals surface area (Å²) in [5, 5.41) is 8.28. The first-order valence-electron chi connectivity index (χ1n) is 6.68. The number of hydrogen-bond donors (Lipinski definition) is 1. The molecule has 21 heavy (non-hydrogen) atoms. The van der Waals surface area contributed by atoms with Crippen molar-refractivity contribution in [2.24, 2.45) is 0 Å². The van der Waals surface area contributed by atoms with Crippen LogP contribution in [0, 0.1) is 12.3 Å². The Bertz CT molecular complexity index is 684. The van der Waals surface area contributed by atoms with E-state index in [2.05, 4.69) is 4.98 Å². The first-order valence-corrected chi connectivity index (χ1v) is 7.66. The van der Waals surface area contributed by atoms with Crippen molar-refractivity contribution < 1.29 is 4.79 Å². The van der Waals surface area contributed by atoms with E-state index < -0.39 is 0 Å². The number of pyridine rings is 1. The summed E-state index contributed by atoms with van der Waals surface area (Å²) in [5.41, 5.74) is 4.03. The van der Waals surface area contributed by atoms with E-state index in [1.54, 1.807) is 6.20 Å². The zero-order valence-corrected chi connectivity index (χ0v) is 12.5. The van der Waals surface area contributed by atoms with Crippen molar-refractivity contribution in [1.29, 1.82) is 5.41 Å². The third-order valence-corrected chi connectivity index (χ3v) is 4.23. The van der Waals surface area contributed by atoms with Crippen LogP contribution in [0.25, 0.3) is 0 Å². The third-order valence-electron chi connectivity index (χ3n) is 3.38. The number of amidine groups is 1. The van der Waals surface area contributed by atoms with Crippen LogP contribution in [-0.2, 0) is 11.2 Å². The standard InChI is InChI=1S/C16H15N3OS/c1-11-4-5-13(8-12-3-2-6-18-9-12)14(7-11)19-15(20)10-21-16(19)17/h2-7,9,17H,8,10H2,1H3. The smallest absolute Gasteiger partial charge is 0.243 e. The molecule has 1 amide bonds. The molecule has 1 aliphatic heterocycles. The molecule has 5 heteroatoms. The predicted octanol–water partition coefficient (Wildman–Crippen LogP) is 3.00. The molecule has 3 rings (SSSR count). The summed E-state index contributed by atoms with van der Waals surface area (Å²) in [6, 6.07) is 9.96. The van der Waals surface area contributed by atoms with Gasteiger partial charge in [-0.15, -0.1) is 0 Å². The Balaban J connectivity index is 2.01. The molecule has 1 fully saturated rings. The first kappa shape index (κ1) is 13.8. The first-order chi connectivity index (χ1) is 10.1. The molecule has 2 aromatic rings. The maximum absolute atomic E-state index is 12.1. The Labute approximate surface area is 127 Å². The van der Waals surface area contributed by atoms with E-state index in [4.69, 9.17) is 5.41 Å². The van der Waals surface area contributed by atoms with Gasteiger partial charge in [-0.2, -0.15) is 0 Å². The van der Waals surface area contributed by atoms with Crippen LogP contribution in [0.4, 0.5) is 5.69 Å². The Kier molecular flexibility index (Phi) is 3.75. The van der Waals surface area contributed by atoms with E-state index in [-0.39, 0.29) is 5.91 Å². The molecule has 1 aromatic carbocycles. The molecule has 1 N–H and O–H groups in total. The second-order valence-corrected chi connectivity index (χ2v) is 5.96. The maximum Gasteiger partial charge on any atom is 0.243 e. The molecule has 1 saturated heterocycles. The Morgan fingerprint density at radius 2 is 2.24 bits per heavy atom. The minimum Gasteiger partial charge on any atom is -0.278 e. The summed E-state index contributed by atoms with van der Waals surface area (Å²) >= 11 is 1.28. The highest BCUT2D eigenvalue weighted by atomic mass is 32.2. The van der Waals surface area contributed by atoms with E-state index in [0.717, 1.165) is 22.4 Å². The van der Waals surface area contributed by atoms with Gasteiger partial charge in [0.2, 0.25) is 5.91 Å². The van der Waals surface area contributed by atoms with Crippen molar-refractivity contribution >= 4 is 28.5 Å². The van der Waals surface area contributed by atoms with Crippen LogP contribution in [0.1, 0.15) is 16.7 Å². The molecule has 0 atom stereocenters. The fourth-order valence-electron chi connectivity index (χ4n) is 2.37. The number of thioether (sulfide) groups is 1. The number of amides is 1. The highest BCUT2D eigenvalue weighted by Crippen LogP contribution is 2.31. The van der Waals surface area contributed by atoms with E-state index >= 15 is 0 Å². The van der Waals surface area contributed by atoms with Gasteiger partial charge < -0.3 is 0 Å². The second kappa shape index (κ2) is 5.69. The molecule has 1 aromatic heterocycles. The average Bonchev–Trinajstić information content (AvgIpc) is 2.81. The summed E-state index contributed by atoms with van der Waals surface area (Å²) in [6.45, 7) is 1.99. The highest BCUT2D eigenvalue weighted by molar-refractivity contribution is 8.15. The quantitative estimate of drug-likeness (QED) is 0.947. The van der Waals surface area contributed by atoms with Gasteiger partial charge in [0.05, 0.1) is 11.4 Å². The SMILES string of the molecule is Cc1ccc(Cc2cccnc2)c(N2C(=N)SCC2=O)c1. The molecule has 0 saturated carbocycles. The molecule has 0 unspecified atom stereocenters. The van der Waals surface area contributed by atoms with Crippen molar-refractivity contribution in [3.8, 4) is 0 Å². The van der Waals surface area contributed by atoms with Crippen molar-refractivity contribution in [2.45, 2.75) is 13.3 Å². The third kappa shape index (κ3) is 2.83.